The van der Waals surface area contributed by atoms with Gasteiger partial charge in [-0.3, -0.25) is 0 Å². The van der Waals surface area contributed by atoms with Crippen LogP contribution in [0.15, 0.2) is 24.3 Å². The van der Waals surface area contributed by atoms with Gasteiger partial charge in [0.1, 0.15) is 17.5 Å². The molecule has 124 valence electrons. The number of carbonyl (C=O) groups excluding carboxylic acids is 1. The molecule has 1 amide bonds. The van der Waals surface area contributed by atoms with Crippen LogP contribution in [0.25, 0.3) is 0 Å². The van der Waals surface area contributed by atoms with Crippen LogP contribution < -0.4 is 5.32 Å². The third-order valence-electron chi connectivity index (χ3n) is 2.34. The number of carboxylic acid groups (broad SMARTS) is 1. The number of halogens is 1. The van der Waals surface area contributed by atoms with E-state index < -0.39 is 29.5 Å². The number of rotatable bonds is 4. The number of carboxylic acids is 1. The van der Waals surface area contributed by atoms with Crippen LogP contribution in [0.3, 0.4) is 0 Å². The molecule has 0 aromatic heterocycles. The molecule has 1 rings (SSSR count). The van der Waals surface area contributed by atoms with Crippen molar-refractivity contribution in [2.24, 2.45) is 0 Å². The molecule has 0 saturated carbocycles. The minimum absolute atomic E-state index is 0.0505. The molecule has 1 aromatic carbocycles. The van der Waals surface area contributed by atoms with Gasteiger partial charge in [-0.1, -0.05) is 26.0 Å². The smallest absolute Gasteiger partial charge is 0.408 e. The summed E-state index contributed by atoms with van der Waals surface area (Å²) in [6.45, 7) is 9.05. The van der Waals surface area contributed by atoms with Crippen molar-refractivity contribution in [3.63, 3.8) is 0 Å². The number of nitrogens with one attached hydrogen (secondary N) is 1. The first-order chi connectivity index (χ1) is 10.2. The Morgan fingerprint density at radius 1 is 1.23 bits per heavy atom. The van der Waals surface area contributed by atoms with E-state index in [2.05, 4.69) is 5.32 Å². The summed E-state index contributed by atoms with van der Waals surface area (Å²) >= 11 is 0. The van der Waals surface area contributed by atoms with Gasteiger partial charge in [-0.25, -0.2) is 14.0 Å². The number of alkyl carbamates (subject to hydrolysis) is 1. The van der Waals surface area contributed by atoms with E-state index in [-0.39, 0.29) is 6.42 Å². The molecule has 5 nitrogen and oxygen atoms in total. The fourth-order valence-corrected chi connectivity index (χ4v) is 1.51. The number of amides is 1. The molecule has 22 heavy (non-hydrogen) atoms. The minimum Gasteiger partial charge on any atom is -0.480 e. The fraction of sp³-hybridized carbons (Fsp3) is 0.500. The van der Waals surface area contributed by atoms with Gasteiger partial charge in [0.2, 0.25) is 0 Å². The Morgan fingerprint density at radius 3 is 2.14 bits per heavy atom. The minimum atomic E-state index is -1.18. The van der Waals surface area contributed by atoms with Gasteiger partial charge in [0.25, 0.3) is 0 Å². The van der Waals surface area contributed by atoms with Crippen molar-refractivity contribution in [3.05, 3.63) is 35.6 Å². The predicted octanol–water partition coefficient (Wildman–Crippen LogP) is 3.37. The van der Waals surface area contributed by atoms with Gasteiger partial charge in [0.15, 0.2) is 0 Å². The summed E-state index contributed by atoms with van der Waals surface area (Å²) in [5, 5.41) is 11.4. The molecular formula is C16H24FNO4. The first kappa shape index (κ1) is 19.9. The second-order valence-corrected chi connectivity index (χ2v) is 5.37. The summed E-state index contributed by atoms with van der Waals surface area (Å²) in [6, 6.07) is 4.29. The van der Waals surface area contributed by atoms with E-state index in [1.807, 2.05) is 13.8 Å². The summed E-state index contributed by atoms with van der Waals surface area (Å²) in [4.78, 5) is 22.7. The Bertz CT molecular complexity index is 480. The summed E-state index contributed by atoms with van der Waals surface area (Å²) in [7, 11) is 0. The number of hydrogen-bond acceptors (Lipinski definition) is 3. The van der Waals surface area contributed by atoms with Gasteiger partial charge in [-0.2, -0.15) is 0 Å². The highest BCUT2D eigenvalue weighted by Gasteiger charge is 2.24. The lowest BCUT2D eigenvalue weighted by atomic mass is 10.1. The second kappa shape index (κ2) is 9.02. The summed E-state index contributed by atoms with van der Waals surface area (Å²) in [5.41, 5.74) is -0.0990. The number of ether oxygens (including phenoxy) is 1. The predicted molar refractivity (Wildman–Crippen MR) is 82.2 cm³/mol. The van der Waals surface area contributed by atoms with Crippen LogP contribution in [0.5, 0.6) is 0 Å². The maximum Gasteiger partial charge on any atom is 0.408 e. The van der Waals surface area contributed by atoms with E-state index in [0.29, 0.717) is 5.56 Å². The molecule has 0 aliphatic rings. The van der Waals surface area contributed by atoms with Crippen LogP contribution in [0, 0.1) is 5.82 Å². The largest absolute Gasteiger partial charge is 0.480 e. The van der Waals surface area contributed by atoms with Gasteiger partial charge in [0, 0.05) is 6.42 Å². The second-order valence-electron chi connectivity index (χ2n) is 5.37. The summed E-state index contributed by atoms with van der Waals surface area (Å²) in [5.74, 6) is -1.58. The van der Waals surface area contributed by atoms with Crippen LogP contribution in [0.2, 0.25) is 0 Å². The molecule has 0 spiro atoms. The normalized spacial score (nSPS) is 11.7. The Morgan fingerprint density at radius 2 is 1.73 bits per heavy atom. The van der Waals surface area contributed by atoms with Gasteiger partial charge in [0.05, 0.1) is 0 Å². The maximum absolute atomic E-state index is 12.8. The first-order valence-electron chi connectivity index (χ1n) is 7.14. The van der Waals surface area contributed by atoms with Crippen molar-refractivity contribution in [1.29, 1.82) is 0 Å². The molecule has 0 bridgehead atoms. The van der Waals surface area contributed by atoms with Crippen molar-refractivity contribution >= 4 is 12.1 Å². The molecule has 0 heterocycles. The maximum atomic E-state index is 12.8. The van der Waals surface area contributed by atoms with Gasteiger partial charge in [-0.05, 0) is 38.5 Å². The lowest BCUT2D eigenvalue weighted by Gasteiger charge is -2.22. The Kier molecular flexibility index (Phi) is 8.15. The third-order valence-corrected chi connectivity index (χ3v) is 2.34. The summed E-state index contributed by atoms with van der Waals surface area (Å²) < 4.78 is 17.8. The molecule has 0 aliphatic heterocycles. The molecule has 1 aromatic rings. The quantitative estimate of drug-likeness (QED) is 0.893. The molecular weight excluding hydrogens is 289 g/mol. The molecule has 0 fully saturated rings. The van der Waals surface area contributed by atoms with Gasteiger partial charge < -0.3 is 15.2 Å². The van der Waals surface area contributed by atoms with Crippen molar-refractivity contribution < 1.29 is 23.8 Å². The first-order valence-corrected chi connectivity index (χ1v) is 7.14. The highest BCUT2D eigenvalue weighted by molar-refractivity contribution is 5.80. The van der Waals surface area contributed by atoms with Crippen LogP contribution >= 0.6 is 0 Å². The van der Waals surface area contributed by atoms with Crippen molar-refractivity contribution in [2.45, 2.75) is 52.7 Å². The lowest BCUT2D eigenvalue weighted by Crippen LogP contribution is -2.44. The van der Waals surface area contributed by atoms with Crippen molar-refractivity contribution in [3.8, 4) is 0 Å². The SMILES string of the molecule is CC.CC(C)(C)OC(=O)NC(Cc1ccc(F)cc1)C(=O)O. The molecule has 0 radical (unpaired) electrons. The van der Waals surface area contributed by atoms with E-state index in [4.69, 9.17) is 9.84 Å². The molecule has 1 unspecified atom stereocenters. The number of aliphatic carboxylic acids is 1. The van der Waals surface area contributed by atoms with E-state index >= 15 is 0 Å². The Balaban J connectivity index is 0.00000211. The van der Waals surface area contributed by atoms with Crippen LogP contribution in [-0.4, -0.2) is 28.8 Å². The average Bonchev–Trinajstić information content (AvgIpc) is 2.40. The van der Waals surface area contributed by atoms with E-state index in [9.17, 15) is 14.0 Å². The highest BCUT2D eigenvalue weighted by atomic mass is 19.1. The lowest BCUT2D eigenvalue weighted by molar-refractivity contribution is -0.139. The van der Waals surface area contributed by atoms with Crippen molar-refractivity contribution in [2.75, 3.05) is 0 Å². The zero-order valence-electron chi connectivity index (χ0n) is 13.6. The zero-order valence-corrected chi connectivity index (χ0v) is 13.6. The molecule has 0 aliphatic carbocycles. The number of benzene rings is 1. The van der Waals surface area contributed by atoms with Crippen LogP contribution in [0.1, 0.15) is 40.2 Å². The average molecular weight is 313 g/mol. The highest BCUT2D eigenvalue weighted by Crippen LogP contribution is 2.09. The number of carbonyl (C=O) groups is 2. The Labute approximate surface area is 130 Å². The third kappa shape index (κ3) is 8.24. The van der Waals surface area contributed by atoms with E-state index in [1.54, 1.807) is 20.8 Å². The fourth-order valence-electron chi connectivity index (χ4n) is 1.51. The molecule has 0 saturated heterocycles. The summed E-state index contributed by atoms with van der Waals surface area (Å²) in [6.07, 6.45) is -0.749. The van der Waals surface area contributed by atoms with E-state index in [0.717, 1.165) is 0 Å². The van der Waals surface area contributed by atoms with Gasteiger partial charge >= 0.3 is 12.1 Å². The van der Waals surface area contributed by atoms with Crippen LogP contribution in [-0.2, 0) is 16.0 Å². The van der Waals surface area contributed by atoms with Crippen molar-refractivity contribution in [1.82, 2.24) is 5.32 Å². The van der Waals surface area contributed by atoms with Gasteiger partial charge in [-0.15, -0.1) is 0 Å². The Hall–Kier alpha value is -2.11. The molecule has 2 N–H and O–H groups in total. The van der Waals surface area contributed by atoms with E-state index in [1.165, 1.54) is 24.3 Å². The standard InChI is InChI=1S/C14H18FNO4.C2H6/c1-14(2,3)20-13(19)16-11(12(17)18)8-9-4-6-10(15)7-5-9;1-2/h4-7,11H,8H2,1-3H3,(H,16,19)(H,17,18);1-2H3. The monoisotopic (exact) mass is 313 g/mol. The zero-order chi connectivity index (χ0) is 17.3. The van der Waals surface area contributed by atoms with Crippen LogP contribution in [0.4, 0.5) is 9.18 Å². The molecule has 1 atom stereocenters. The molecule has 6 heteroatoms. The topological polar surface area (TPSA) is 75.6 Å². The number of hydrogen-bond donors (Lipinski definition) is 2.